The Morgan fingerprint density at radius 3 is 2.71 bits per heavy atom. The van der Waals surface area contributed by atoms with Crippen molar-refractivity contribution < 1.29 is 13.5 Å². The van der Waals surface area contributed by atoms with Gasteiger partial charge in [0, 0.05) is 7.11 Å². The van der Waals surface area contributed by atoms with Crippen LogP contribution in [0.15, 0.2) is 46.3 Å². The summed E-state index contributed by atoms with van der Waals surface area (Å²) in [5.74, 6) is 0.128. The van der Waals surface area contributed by atoms with Gasteiger partial charge in [0.2, 0.25) is 4.77 Å². The zero-order chi connectivity index (χ0) is 15.5. The lowest BCUT2D eigenvalue weighted by atomic mass is 10.4. The van der Waals surface area contributed by atoms with Crippen LogP contribution in [-0.4, -0.2) is 27.8 Å². The van der Waals surface area contributed by atoms with Gasteiger partial charge in [-0.15, -0.1) is 0 Å². The third-order valence-corrected chi connectivity index (χ3v) is 5.09. The minimum atomic E-state index is -3.48. The van der Waals surface area contributed by atoms with Crippen LogP contribution in [0.5, 0.6) is 0 Å². The number of hydrogen-bond acceptors (Lipinski definition) is 5. The van der Waals surface area contributed by atoms with Crippen LogP contribution in [0.1, 0.15) is 0 Å². The van der Waals surface area contributed by atoms with Crippen molar-refractivity contribution in [2.75, 3.05) is 19.5 Å². The average Bonchev–Trinajstić information content (AvgIpc) is 2.48. The molecule has 0 aliphatic rings. The molecule has 0 amide bonds. The summed E-state index contributed by atoms with van der Waals surface area (Å²) in [5, 5.41) is 0. The number of anilines is 1. The molecule has 0 saturated heterocycles. The number of aromatic nitrogens is 2. The molecule has 1 unspecified atom stereocenters. The van der Waals surface area contributed by atoms with E-state index in [0.717, 1.165) is 0 Å². The van der Waals surface area contributed by atoms with Gasteiger partial charge >= 0.3 is 0 Å². The summed E-state index contributed by atoms with van der Waals surface area (Å²) in [6.07, 6.45) is 1.26. The molecule has 6 nitrogen and oxygen atoms in total. The van der Waals surface area contributed by atoms with Crippen LogP contribution in [-0.2, 0) is 25.7 Å². The first-order valence-corrected chi connectivity index (χ1v) is 8.07. The van der Waals surface area contributed by atoms with E-state index in [9.17, 15) is 8.76 Å². The molecule has 8 heteroatoms. The first kappa shape index (κ1) is 15.8. The number of nitrogens with two attached hydrogens (primary N) is 1. The van der Waals surface area contributed by atoms with Gasteiger partial charge in [0.15, 0.2) is 10.7 Å². The van der Waals surface area contributed by atoms with Crippen LogP contribution in [0.4, 0.5) is 5.82 Å². The molecule has 1 aromatic carbocycles. The zero-order valence-corrected chi connectivity index (χ0v) is 13.1. The van der Waals surface area contributed by atoms with Gasteiger partial charge in [-0.25, -0.2) is 4.98 Å². The average molecular weight is 326 g/mol. The number of ether oxygens (including phenoxy) is 1. The third kappa shape index (κ3) is 3.18. The second kappa shape index (κ2) is 6.44. The van der Waals surface area contributed by atoms with E-state index < -0.39 is 10.2 Å². The zero-order valence-electron chi connectivity index (χ0n) is 11.4. The lowest BCUT2D eigenvalue weighted by molar-refractivity contribution is 0.186. The Labute approximate surface area is 128 Å². The molecule has 1 heterocycles. The minimum Gasteiger partial charge on any atom is -0.383 e. The quantitative estimate of drug-likeness (QED) is 0.647. The van der Waals surface area contributed by atoms with Gasteiger partial charge in [-0.3, -0.25) is 4.57 Å². The molecule has 0 bridgehead atoms. The predicted octanol–water partition coefficient (Wildman–Crippen LogP) is 2.23. The molecule has 0 saturated carbocycles. The lowest BCUT2D eigenvalue weighted by Crippen LogP contribution is -2.19. The highest BCUT2D eigenvalue weighted by molar-refractivity contribution is 7.98. The predicted molar refractivity (Wildman–Crippen MR) is 83.0 cm³/mol. The van der Waals surface area contributed by atoms with Gasteiger partial charge in [0.1, 0.15) is 0 Å². The Balaban J connectivity index is 2.54. The van der Waals surface area contributed by atoms with E-state index in [-0.39, 0.29) is 20.4 Å². The van der Waals surface area contributed by atoms with Crippen molar-refractivity contribution in [2.24, 2.45) is 0 Å². The molecule has 112 valence electrons. The van der Waals surface area contributed by atoms with Crippen molar-refractivity contribution >= 4 is 28.2 Å². The lowest BCUT2D eigenvalue weighted by Gasteiger charge is -2.12. The van der Waals surface area contributed by atoms with Crippen molar-refractivity contribution in [3.8, 4) is 0 Å². The van der Waals surface area contributed by atoms with E-state index in [1.54, 1.807) is 37.4 Å². The van der Waals surface area contributed by atoms with Crippen LogP contribution in [0.2, 0.25) is 0 Å². The standard InChI is InChI=1S/C13H15N3O3S2/c1-19-8-7-16-12(14)11(9-15-13(16)20)21(17,18)10-5-3-2-4-6-10/h2-6,9H,7-8H2,1H3,(H2-,14,15,17,18,20)/p+1. The number of nitrogen functional groups attached to an aromatic ring is 1. The van der Waals surface area contributed by atoms with E-state index in [1.165, 1.54) is 10.8 Å². The first-order chi connectivity index (χ1) is 9.98. The maximum atomic E-state index is 12.7. The first-order valence-electron chi connectivity index (χ1n) is 6.14. The maximum absolute atomic E-state index is 12.7. The van der Waals surface area contributed by atoms with Gasteiger partial charge in [-0.2, -0.15) is 4.55 Å². The Bertz CT molecular complexity index is 731. The van der Waals surface area contributed by atoms with Gasteiger partial charge in [-0.1, -0.05) is 22.4 Å². The maximum Gasteiger partial charge on any atom is 0.286 e. The minimum absolute atomic E-state index is 0.0541. The van der Waals surface area contributed by atoms with Crippen molar-refractivity contribution in [1.29, 1.82) is 0 Å². The summed E-state index contributed by atoms with van der Waals surface area (Å²) in [5.41, 5.74) is 6.01. The molecule has 0 radical (unpaired) electrons. The fourth-order valence-electron chi connectivity index (χ4n) is 1.83. The highest BCUT2D eigenvalue weighted by Crippen LogP contribution is 2.29. The number of rotatable bonds is 5. The number of methoxy groups -OCH3 is 1. The summed E-state index contributed by atoms with van der Waals surface area (Å²) in [6, 6.07) is 8.29. The summed E-state index contributed by atoms with van der Waals surface area (Å²) in [4.78, 5) is 4.31. The number of hydrogen-bond donors (Lipinski definition) is 2. The fraction of sp³-hybridized carbons (Fsp3) is 0.231. The number of benzene rings is 1. The van der Waals surface area contributed by atoms with Crippen LogP contribution < -0.4 is 5.73 Å². The molecule has 0 aliphatic heterocycles. The van der Waals surface area contributed by atoms with E-state index in [1.807, 2.05) is 0 Å². The van der Waals surface area contributed by atoms with E-state index in [0.29, 0.717) is 13.2 Å². The highest BCUT2D eigenvalue weighted by atomic mass is 32.3. The molecular weight excluding hydrogens is 310 g/mol. The summed E-state index contributed by atoms with van der Waals surface area (Å²) in [7, 11) is -1.93. The van der Waals surface area contributed by atoms with E-state index in [4.69, 9.17) is 22.7 Å². The van der Waals surface area contributed by atoms with Crippen LogP contribution in [0.3, 0.4) is 0 Å². The highest BCUT2D eigenvalue weighted by Gasteiger charge is 2.36. The monoisotopic (exact) mass is 326 g/mol. The van der Waals surface area contributed by atoms with Crippen molar-refractivity contribution in [2.45, 2.75) is 16.3 Å². The fourth-order valence-corrected chi connectivity index (χ4v) is 3.44. The molecule has 0 fully saturated rings. The van der Waals surface area contributed by atoms with Crippen molar-refractivity contribution in [1.82, 2.24) is 9.55 Å². The molecule has 1 aromatic heterocycles. The van der Waals surface area contributed by atoms with Crippen LogP contribution in [0, 0.1) is 4.77 Å². The van der Waals surface area contributed by atoms with Gasteiger partial charge in [0.25, 0.3) is 15.1 Å². The SMILES string of the molecule is COCCn1c(N)c([S+](=O)(O)c2ccccc2)cnc1=S. The molecule has 0 aliphatic carbocycles. The van der Waals surface area contributed by atoms with Gasteiger partial charge in [0.05, 0.1) is 19.3 Å². The molecule has 2 aromatic rings. The second-order valence-corrected chi connectivity index (χ2v) is 6.60. The van der Waals surface area contributed by atoms with Gasteiger partial charge < -0.3 is 10.5 Å². The Morgan fingerprint density at radius 2 is 2.10 bits per heavy atom. The van der Waals surface area contributed by atoms with Crippen molar-refractivity contribution in [3.05, 3.63) is 41.3 Å². The van der Waals surface area contributed by atoms with Gasteiger partial charge in [-0.05, 0) is 24.4 Å². The normalized spacial score (nSPS) is 13.8. The molecule has 2 rings (SSSR count). The Hall–Kier alpha value is -1.61. The van der Waals surface area contributed by atoms with E-state index in [2.05, 4.69) is 4.98 Å². The van der Waals surface area contributed by atoms with Crippen LogP contribution >= 0.6 is 12.2 Å². The molecule has 1 atom stereocenters. The van der Waals surface area contributed by atoms with Crippen LogP contribution in [0.25, 0.3) is 0 Å². The summed E-state index contributed by atoms with van der Waals surface area (Å²) < 4.78 is 29.8. The summed E-state index contributed by atoms with van der Waals surface area (Å²) in [6.45, 7) is 0.744. The Morgan fingerprint density at radius 1 is 1.43 bits per heavy atom. The number of nitrogens with zero attached hydrogens (tertiary/aromatic N) is 2. The molecule has 0 spiro atoms. The van der Waals surface area contributed by atoms with Crippen molar-refractivity contribution in [3.63, 3.8) is 0 Å². The molecule has 3 N–H and O–H groups in total. The Kier molecular flexibility index (Phi) is 4.84. The smallest absolute Gasteiger partial charge is 0.286 e. The topological polar surface area (TPSA) is 90.4 Å². The second-order valence-electron chi connectivity index (χ2n) is 4.27. The third-order valence-electron chi connectivity index (χ3n) is 2.95. The molecule has 21 heavy (non-hydrogen) atoms. The molecular formula is C13H16N3O3S2+. The van der Waals surface area contributed by atoms with E-state index >= 15 is 0 Å². The summed E-state index contributed by atoms with van der Waals surface area (Å²) >= 11 is 5.09. The largest absolute Gasteiger partial charge is 0.383 e.